The van der Waals surface area contributed by atoms with Crippen LogP contribution in [-0.2, 0) is 9.53 Å². The molecule has 1 aromatic rings. The van der Waals surface area contributed by atoms with Gasteiger partial charge >= 0.3 is 5.97 Å². The Hall–Kier alpha value is -1.80. The number of nitrogens with zero attached hydrogens (tertiary/aromatic N) is 2. The van der Waals surface area contributed by atoms with Gasteiger partial charge in [0.25, 0.3) is 5.91 Å². The normalized spacial score (nSPS) is 34.8. The van der Waals surface area contributed by atoms with E-state index in [1.54, 1.807) is 11.8 Å². The van der Waals surface area contributed by atoms with Crippen LogP contribution in [0.5, 0.6) is 0 Å². The minimum atomic E-state index is -0.497. The van der Waals surface area contributed by atoms with E-state index in [0.29, 0.717) is 35.0 Å². The van der Waals surface area contributed by atoms with Gasteiger partial charge in [-0.3, -0.25) is 9.59 Å². The van der Waals surface area contributed by atoms with Crippen LogP contribution in [0.25, 0.3) is 0 Å². The highest BCUT2D eigenvalue weighted by atomic mass is 32.2. The number of pyridine rings is 1. The van der Waals surface area contributed by atoms with Gasteiger partial charge < -0.3 is 20.1 Å². The number of hydrogen-bond donors (Lipinski definition) is 2. The van der Waals surface area contributed by atoms with Gasteiger partial charge in [0.1, 0.15) is 10.8 Å². The fourth-order valence-corrected chi connectivity index (χ4v) is 9.73. The van der Waals surface area contributed by atoms with Crippen molar-refractivity contribution in [2.75, 3.05) is 25.1 Å². The molecule has 0 spiro atoms. The van der Waals surface area contributed by atoms with Gasteiger partial charge in [-0.1, -0.05) is 19.3 Å². The topological polar surface area (TPSA) is 91.8 Å². The molecule has 3 atom stereocenters. The number of rotatable bonds is 7. The highest BCUT2D eigenvalue weighted by Crippen LogP contribution is 2.55. The second kappa shape index (κ2) is 11.0. The van der Waals surface area contributed by atoms with Gasteiger partial charge in [-0.05, 0) is 93.6 Å². The van der Waals surface area contributed by atoms with E-state index in [4.69, 9.17) is 9.72 Å². The van der Waals surface area contributed by atoms with Crippen molar-refractivity contribution < 1.29 is 19.4 Å². The van der Waals surface area contributed by atoms with Crippen molar-refractivity contribution in [3.8, 4) is 0 Å². The fourth-order valence-electron chi connectivity index (χ4n) is 8.42. The number of hydrogen-bond acceptors (Lipinski definition) is 7. The molecule has 6 aliphatic rings. The number of carbonyl (C=O) groups is 2. The molecule has 2 unspecified atom stereocenters. The second-order valence-corrected chi connectivity index (χ2v) is 14.1. The van der Waals surface area contributed by atoms with E-state index >= 15 is 0 Å². The number of carbonyl (C=O) groups excluding carboxylic acids is 2. The van der Waals surface area contributed by atoms with Crippen LogP contribution in [0, 0.1) is 23.7 Å². The first-order chi connectivity index (χ1) is 18.4. The summed E-state index contributed by atoms with van der Waals surface area (Å²) in [4.78, 5) is 33.0. The molecule has 4 bridgehead atoms. The number of methoxy groups -OCH3 is 1. The molecule has 6 fully saturated rings. The Bertz CT molecular complexity index is 1030. The van der Waals surface area contributed by atoms with E-state index in [1.807, 2.05) is 12.1 Å². The molecular weight excluding hydrogens is 498 g/mol. The number of esters is 1. The summed E-state index contributed by atoms with van der Waals surface area (Å²) in [6.07, 6.45) is 13.5. The van der Waals surface area contributed by atoms with Crippen molar-refractivity contribution in [3.05, 3.63) is 17.7 Å². The maximum Gasteiger partial charge on any atom is 0.305 e. The van der Waals surface area contributed by atoms with Crippen molar-refractivity contribution in [1.82, 2.24) is 10.3 Å². The maximum atomic E-state index is 13.8. The lowest BCUT2D eigenvalue weighted by atomic mass is 9.52. The molecule has 1 aromatic heterocycles. The number of thioether (sulfide) groups is 1. The predicted molar refractivity (Wildman–Crippen MR) is 148 cm³/mol. The zero-order valence-electron chi connectivity index (χ0n) is 22.7. The molecule has 5 saturated carbocycles. The van der Waals surface area contributed by atoms with Crippen LogP contribution < -0.4 is 10.2 Å². The Kier molecular flexibility index (Phi) is 7.64. The van der Waals surface area contributed by atoms with Gasteiger partial charge in [-0.25, -0.2) is 4.98 Å². The molecule has 5 aliphatic carbocycles. The largest absolute Gasteiger partial charge is 0.469 e. The molecule has 2 heterocycles. The van der Waals surface area contributed by atoms with Crippen molar-refractivity contribution in [1.29, 1.82) is 0 Å². The molecule has 0 radical (unpaired) electrons. The molecule has 7 nitrogen and oxygen atoms in total. The number of amides is 1. The van der Waals surface area contributed by atoms with Gasteiger partial charge in [0.05, 0.1) is 18.3 Å². The Balaban J connectivity index is 1.21. The van der Waals surface area contributed by atoms with Crippen LogP contribution in [0.3, 0.4) is 0 Å². The monoisotopic (exact) mass is 541 g/mol. The van der Waals surface area contributed by atoms with Crippen LogP contribution in [0.15, 0.2) is 17.2 Å². The van der Waals surface area contributed by atoms with Crippen molar-refractivity contribution >= 4 is 29.5 Å². The number of anilines is 1. The molecule has 1 aliphatic heterocycles. The zero-order valence-corrected chi connectivity index (χ0v) is 23.5. The summed E-state index contributed by atoms with van der Waals surface area (Å²) in [5.74, 6) is 2.41. The van der Waals surface area contributed by atoms with Crippen LogP contribution in [-0.4, -0.2) is 59.1 Å². The Labute approximate surface area is 230 Å². The minimum Gasteiger partial charge on any atom is -0.469 e. The predicted octanol–water partition coefficient (Wildman–Crippen LogP) is 4.96. The van der Waals surface area contributed by atoms with Gasteiger partial charge in [-0.15, -0.1) is 11.8 Å². The van der Waals surface area contributed by atoms with E-state index in [-0.39, 0.29) is 23.8 Å². The Morgan fingerprint density at radius 2 is 1.87 bits per heavy atom. The highest BCUT2D eigenvalue weighted by Gasteiger charge is 2.55. The van der Waals surface area contributed by atoms with Crippen LogP contribution in [0.1, 0.15) is 93.8 Å². The van der Waals surface area contributed by atoms with Crippen molar-refractivity contribution in [2.45, 2.75) is 105 Å². The summed E-state index contributed by atoms with van der Waals surface area (Å²) in [6, 6.07) is 4.14. The molecule has 1 amide bonds. The summed E-state index contributed by atoms with van der Waals surface area (Å²) in [5.41, 5.74) is 0.197. The van der Waals surface area contributed by atoms with E-state index in [0.717, 1.165) is 68.9 Å². The first kappa shape index (κ1) is 26.4. The average Bonchev–Trinajstić information content (AvgIpc) is 2.90. The molecule has 0 aromatic carbocycles. The van der Waals surface area contributed by atoms with Crippen LogP contribution in [0.4, 0.5) is 5.82 Å². The van der Waals surface area contributed by atoms with Crippen LogP contribution in [0.2, 0.25) is 0 Å². The van der Waals surface area contributed by atoms with Gasteiger partial charge in [0, 0.05) is 30.8 Å². The molecule has 8 heteroatoms. The summed E-state index contributed by atoms with van der Waals surface area (Å²) < 4.78 is 4.91. The lowest BCUT2D eigenvalue weighted by Crippen LogP contribution is -2.61. The summed E-state index contributed by atoms with van der Waals surface area (Å²) in [6.45, 7) is 1.70. The number of piperidine rings is 1. The number of aromatic nitrogens is 1. The van der Waals surface area contributed by atoms with E-state index in [2.05, 4.69) is 10.2 Å². The standard InChI is InChI=1S/C30H43N3O4S/c1-37-26(34)14-19-6-5-11-33(18-19)25-10-9-24(29(31-25)38-23-7-3-2-4-8-23)28(35)32-27-21-12-20-13-22(27)17-30(36,15-20)16-21/h9-10,19-23,27,36H,2-8,11-18H2,1H3,(H,32,35)/t19-,20?,21?,22?,27-,30+/m0/s1. The first-order valence-corrected chi connectivity index (χ1v) is 15.8. The summed E-state index contributed by atoms with van der Waals surface area (Å²) in [7, 11) is 1.45. The molecule has 208 valence electrons. The van der Waals surface area contributed by atoms with E-state index in [9.17, 15) is 14.7 Å². The lowest BCUT2D eigenvalue weighted by molar-refractivity contribution is -0.141. The Morgan fingerprint density at radius 3 is 2.58 bits per heavy atom. The molecular formula is C30H43N3O4S. The maximum absolute atomic E-state index is 13.8. The number of nitrogens with one attached hydrogen (secondary N) is 1. The summed E-state index contributed by atoms with van der Waals surface area (Å²) in [5, 5.41) is 15.8. The lowest BCUT2D eigenvalue weighted by Gasteiger charge is -2.58. The third-order valence-electron chi connectivity index (χ3n) is 9.99. The highest BCUT2D eigenvalue weighted by molar-refractivity contribution is 7.99. The SMILES string of the molecule is COC(=O)C[C@@H]1CCCN(c2ccc(C(=O)N[C@H]3C4CC5CC3C[C@@](O)(C5)C4)c(SC3CCCCC3)n2)C1. The smallest absolute Gasteiger partial charge is 0.305 e. The second-order valence-electron chi connectivity index (χ2n) is 12.8. The summed E-state index contributed by atoms with van der Waals surface area (Å²) >= 11 is 1.79. The molecule has 7 rings (SSSR count). The van der Waals surface area contributed by atoms with Gasteiger partial charge in [-0.2, -0.15) is 0 Å². The molecule has 2 N–H and O–H groups in total. The quantitative estimate of drug-likeness (QED) is 0.472. The van der Waals surface area contributed by atoms with Crippen LogP contribution >= 0.6 is 11.8 Å². The van der Waals surface area contributed by atoms with E-state index in [1.165, 1.54) is 39.2 Å². The third kappa shape index (κ3) is 5.58. The Morgan fingerprint density at radius 1 is 1.11 bits per heavy atom. The minimum absolute atomic E-state index is 0.00552. The van der Waals surface area contributed by atoms with Gasteiger partial charge in [0.15, 0.2) is 0 Å². The van der Waals surface area contributed by atoms with Crippen molar-refractivity contribution in [2.24, 2.45) is 23.7 Å². The molecule has 1 saturated heterocycles. The first-order valence-electron chi connectivity index (χ1n) is 14.9. The zero-order chi connectivity index (χ0) is 26.3. The van der Waals surface area contributed by atoms with Crippen molar-refractivity contribution in [3.63, 3.8) is 0 Å². The number of ether oxygens (including phenoxy) is 1. The van der Waals surface area contributed by atoms with Gasteiger partial charge in [0.2, 0.25) is 0 Å². The third-order valence-corrected chi connectivity index (χ3v) is 11.3. The fraction of sp³-hybridized carbons (Fsp3) is 0.767. The van der Waals surface area contributed by atoms with E-state index < -0.39 is 5.60 Å². The number of aliphatic hydroxyl groups is 1. The average molecular weight is 542 g/mol. The molecule has 38 heavy (non-hydrogen) atoms.